The summed E-state index contributed by atoms with van der Waals surface area (Å²) >= 11 is 0. The van der Waals surface area contributed by atoms with Gasteiger partial charge in [0.25, 0.3) is 11.7 Å². The van der Waals surface area contributed by atoms with Crippen LogP contribution in [-0.4, -0.2) is 39.1 Å². The second-order valence-corrected chi connectivity index (χ2v) is 5.48. The van der Waals surface area contributed by atoms with E-state index in [4.69, 9.17) is 9.84 Å². The number of hydrogen-bond acceptors (Lipinski definition) is 4. The van der Waals surface area contributed by atoms with Gasteiger partial charge in [0.05, 0.1) is 23.6 Å². The van der Waals surface area contributed by atoms with Gasteiger partial charge in [-0.2, -0.15) is 0 Å². The molecule has 118 valence electrons. The van der Waals surface area contributed by atoms with Crippen LogP contribution in [-0.2, 0) is 11.3 Å². The molecule has 1 aliphatic heterocycles. The summed E-state index contributed by atoms with van der Waals surface area (Å²) in [4.78, 5) is 15.3. The van der Waals surface area contributed by atoms with Gasteiger partial charge >= 0.3 is 6.09 Å². The number of aromatic nitrogens is 3. The molecule has 4 rings (SSSR count). The van der Waals surface area contributed by atoms with Crippen molar-refractivity contribution in [2.45, 2.75) is 12.6 Å². The van der Waals surface area contributed by atoms with Gasteiger partial charge in [-0.15, -0.1) is 0 Å². The van der Waals surface area contributed by atoms with E-state index in [2.05, 4.69) is 10.3 Å². The third-order valence-electron chi connectivity index (χ3n) is 4.06. The molecule has 0 saturated heterocycles. The third kappa shape index (κ3) is 2.15. The van der Waals surface area contributed by atoms with Crippen LogP contribution >= 0.6 is 0 Å². The van der Waals surface area contributed by atoms with Gasteiger partial charge in [0.15, 0.2) is 5.52 Å². The largest absolute Gasteiger partial charge is 0.465 e. The smallest absolute Gasteiger partial charge is 0.404 e. The van der Waals surface area contributed by atoms with E-state index in [9.17, 15) is 10.0 Å². The first-order valence-electron chi connectivity index (χ1n) is 7.23. The molecule has 0 spiro atoms. The lowest BCUT2D eigenvalue weighted by Gasteiger charge is -2.26. The average Bonchev–Trinajstić information content (AvgIpc) is 2.91. The molecule has 8 nitrogen and oxygen atoms in total. The molecule has 1 aromatic carbocycles. The van der Waals surface area contributed by atoms with Crippen molar-refractivity contribution >= 4 is 28.0 Å². The summed E-state index contributed by atoms with van der Waals surface area (Å²) in [5, 5.41) is 22.2. The van der Waals surface area contributed by atoms with Crippen molar-refractivity contribution in [2.75, 3.05) is 13.2 Å². The third-order valence-corrected chi connectivity index (χ3v) is 4.06. The van der Waals surface area contributed by atoms with Gasteiger partial charge < -0.3 is 19.7 Å². The Morgan fingerprint density at radius 3 is 3.13 bits per heavy atom. The first-order chi connectivity index (χ1) is 11.1. The number of carbonyl (C=O) groups is 1. The zero-order valence-electron chi connectivity index (χ0n) is 12.1. The molecule has 3 N–H and O–H groups in total. The van der Waals surface area contributed by atoms with Crippen molar-refractivity contribution in [3.63, 3.8) is 0 Å². The first-order valence-corrected chi connectivity index (χ1v) is 7.23. The van der Waals surface area contributed by atoms with Crippen molar-refractivity contribution < 1.29 is 24.6 Å². The van der Waals surface area contributed by atoms with E-state index in [0.29, 0.717) is 24.2 Å². The molecule has 0 aliphatic carbocycles. The molecule has 8 heteroatoms. The lowest BCUT2D eigenvalue weighted by Crippen LogP contribution is -2.35. The molecule has 1 aliphatic rings. The maximum Gasteiger partial charge on any atom is 0.404 e. The highest BCUT2D eigenvalue weighted by atomic mass is 16.5. The Morgan fingerprint density at radius 1 is 1.48 bits per heavy atom. The fourth-order valence-corrected chi connectivity index (χ4v) is 3.13. The highest BCUT2D eigenvalue weighted by molar-refractivity contribution is 6.00. The normalized spacial score (nSPS) is 17.3. The van der Waals surface area contributed by atoms with E-state index in [1.54, 1.807) is 6.20 Å². The number of hydrogen-bond donors (Lipinski definition) is 3. The molecule has 3 heterocycles. The zero-order chi connectivity index (χ0) is 16.0. The molecule has 0 bridgehead atoms. The number of carboxylic acid groups (broad SMARTS) is 1. The van der Waals surface area contributed by atoms with Crippen LogP contribution in [0.3, 0.4) is 0 Å². The SMILES string of the molecule is O=C(O)NC[C@H]1COCc2nc3c[n+](O)c4ccccc4c3n21. The van der Waals surface area contributed by atoms with Crippen molar-refractivity contribution in [3.8, 4) is 0 Å². The van der Waals surface area contributed by atoms with Crippen molar-refractivity contribution in [2.24, 2.45) is 0 Å². The van der Waals surface area contributed by atoms with E-state index in [-0.39, 0.29) is 12.6 Å². The lowest BCUT2D eigenvalue weighted by atomic mass is 10.1. The molecule has 1 amide bonds. The van der Waals surface area contributed by atoms with Crippen LogP contribution in [0, 0.1) is 0 Å². The van der Waals surface area contributed by atoms with E-state index < -0.39 is 6.09 Å². The van der Waals surface area contributed by atoms with Crippen molar-refractivity contribution in [1.82, 2.24) is 14.9 Å². The van der Waals surface area contributed by atoms with Gasteiger partial charge in [-0.25, -0.2) is 9.78 Å². The van der Waals surface area contributed by atoms with E-state index in [1.165, 1.54) is 0 Å². The predicted molar refractivity (Wildman–Crippen MR) is 79.3 cm³/mol. The summed E-state index contributed by atoms with van der Waals surface area (Å²) in [7, 11) is 0. The summed E-state index contributed by atoms with van der Waals surface area (Å²) in [5.74, 6) is 0.722. The van der Waals surface area contributed by atoms with Crippen LogP contribution < -0.4 is 10.0 Å². The number of ether oxygens (including phenoxy) is 1. The van der Waals surface area contributed by atoms with Gasteiger partial charge in [-0.05, 0) is 6.07 Å². The maximum absolute atomic E-state index is 10.8. The number of fused-ring (bicyclic) bond motifs is 5. The minimum absolute atomic E-state index is 0.183. The van der Waals surface area contributed by atoms with Gasteiger partial charge in [-0.1, -0.05) is 12.1 Å². The molecule has 2 aromatic heterocycles. The molecule has 0 saturated carbocycles. The Labute approximate surface area is 130 Å². The quantitative estimate of drug-likeness (QED) is 0.485. The number of amides is 1. The second kappa shape index (κ2) is 5.10. The summed E-state index contributed by atoms with van der Waals surface area (Å²) < 4.78 is 8.60. The Morgan fingerprint density at radius 2 is 2.30 bits per heavy atom. The number of nitrogens with zero attached hydrogens (tertiary/aromatic N) is 3. The molecule has 0 fully saturated rings. The Hall–Kier alpha value is -2.87. The summed E-state index contributed by atoms with van der Waals surface area (Å²) in [6, 6.07) is 7.29. The summed E-state index contributed by atoms with van der Waals surface area (Å²) in [6.07, 6.45) is 0.490. The fourth-order valence-electron chi connectivity index (χ4n) is 3.13. The van der Waals surface area contributed by atoms with Crippen LogP contribution in [0.5, 0.6) is 0 Å². The number of benzene rings is 1. The Kier molecular flexibility index (Phi) is 3.05. The first kappa shape index (κ1) is 13.8. The van der Waals surface area contributed by atoms with Crippen LogP contribution in [0.1, 0.15) is 11.9 Å². The van der Waals surface area contributed by atoms with Crippen LogP contribution in [0.4, 0.5) is 4.79 Å². The number of nitrogens with one attached hydrogen (secondary N) is 1. The molecule has 3 aromatic rings. The topological polar surface area (TPSA) is 100 Å². The highest BCUT2D eigenvalue weighted by Gasteiger charge is 2.28. The molecular formula is C15H15N4O4+. The Balaban J connectivity index is 1.96. The van der Waals surface area contributed by atoms with Crippen LogP contribution in [0.2, 0.25) is 0 Å². The van der Waals surface area contributed by atoms with Gasteiger partial charge in [0.1, 0.15) is 12.4 Å². The van der Waals surface area contributed by atoms with E-state index in [1.807, 2.05) is 28.8 Å². The fraction of sp³-hybridized carbons (Fsp3) is 0.267. The molecule has 0 radical (unpaired) electrons. The monoisotopic (exact) mass is 315 g/mol. The summed E-state index contributed by atoms with van der Waals surface area (Å²) in [6.45, 7) is 0.995. The van der Waals surface area contributed by atoms with E-state index >= 15 is 0 Å². The van der Waals surface area contributed by atoms with Gasteiger partial charge in [0, 0.05) is 17.3 Å². The van der Waals surface area contributed by atoms with Crippen LogP contribution in [0.15, 0.2) is 30.5 Å². The van der Waals surface area contributed by atoms with Crippen molar-refractivity contribution in [1.29, 1.82) is 0 Å². The minimum Gasteiger partial charge on any atom is -0.465 e. The number of rotatable bonds is 2. The second-order valence-electron chi connectivity index (χ2n) is 5.48. The zero-order valence-corrected chi connectivity index (χ0v) is 12.1. The van der Waals surface area contributed by atoms with Gasteiger partial charge in [-0.3, -0.25) is 5.21 Å². The number of pyridine rings is 1. The predicted octanol–water partition coefficient (Wildman–Crippen LogP) is 1.05. The maximum atomic E-state index is 10.8. The molecule has 0 unspecified atom stereocenters. The average molecular weight is 315 g/mol. The molecule has 1 atom stereocenters. The van der Waals surface area contributed by atoms with E-state index in [0.717, 1.165) is 21.5 Å². The lowest BCUT2D eigenvalue weighted by molar-refractivity contribution is -0.883. The van der Waals surface area contributed by atoms with Gasteiger partial charge in [0.2, 0.25) is 0 Å². The number of para-hydroxylation sites is 1. The summed E-state index contributed by atoms with van der Waals surface area (Å²) in [5.41, 5.74) is 2.19. The Bertz CT molecular complexity index is 921. The van der Waals surface area contributed by atoms with Crippen LogP contribution in [0.25, 0.3) is 21.9 Å². The molecular weight excluding hydrogens is 300 g/mol. The highest BCUT2D eigenvalue weighted by Crippen LogP contribution is 2.29. The van der Waals surface area contributed by atoms with Crippen molar-refractivity contribution in [3.05, 3.63) is 36.3 Å². The number of imidazole rings is 1. The minimum atomic E-state index is -1.07. The standard InChI is InChI=1S/C15H14N4O4/c20-15(21)16-5-9-7-23-8-13-17-11-6-18(22)12-4-2-1-3-10(12)14(11)19(9)13/h1-4,6,9,16H,5,7-8H2,(H-,20,21,22)/p+1/t9-/m0/s1. The molecule has 23 heavy (non-hydrogen) atoms.